The summed E-state index contributed by atoms with van der Waals surface area (Å²) in [6, 6.07) is 0. The molecule has 2 atom stereocenters. The highest BCUT2D eigenvalue weighted by Gasteiger charge is 2.15. The Kier molecular flexibility index (Phi) is 3.70. The first-order chi connectivity index (χ1) is 4.09. The van der Waals surface area contributed by atoms with Crippen molar-refractivity contribution in [2.24, 2.45) is 11.7 Å². The van der Waals surface area contributed by atoms with Gasteiger partial charge in [-0.1, -0.05) is 20.3 Å². The minimum Gasteiger partial charge on any atom is -0.369 e. The first-order valence-corrected chi connectivity index (χ1v) is 3.58. The fourth-order valence-corrected chi connectivity index (χ4v) is 0.714. The molecule has 3 heteroatoms. The summed E-state index contributed by atoms with van der Waals surface area (Å²) in [5.41, 5.74) is 5.00. The summed E-state index contributed by atoms with van der Waals surface area (Å²) in [4.78, 5) is 10.4. The van der Waals surface area contributed by atoms with Crippen LogP contribution in [-0.4, -0.2) is 11.2 Å². The minimum absolute atomic E-state index is 0.282. The number of amides is 1. The molecule has 9 heavy (non-hydrogen) atoms. The van der Waals surface area contributed by atoms with Gasteiger partial charge in [0, 0.05) is 0 Å². The van der Waals surface area contributed by atoms with Crippen molar-refractivity contribution in [2.75, 3.05) is 0 Å². The van der Waals surface area contributed by atoms with Crippen LogP contribution in [-0.2, 0) is 4.79 Å². The molecule has 0 bridgehead atoms. The van der Waals surface area contributed by atoms with Gasteiger partial charge in [0.05, 0.1) is 5.25 Å². The molecule has 1 amide bonds. The second-order valence-electron chi connectivity index (χ2n) is 2.23. The van der Waals surface area contributed by atoms with Crippen molar-refractivity contribution in [2.45, 2.75) is 25.5 Å². The third-order valence-electron chi connectivity index (χ3n) is 1.47. The lowest BCUT2D eigenvalue weighted by molar-refractivity contribution is -0.118. The van der Waals surface area contributed by atoms with Crippen LogP contribution in [0.1, 0.15) is 20.3 Å². The van der Waals surface area contributed by atoms with Gasteiger partial charge in [0.1, 0.15) is 0 Å². The van der Waals surface area contributed by atoms with Gasteiger partial charge in [-0.15, -0.1) is 0 Å². The third kappa shape index (κ3) is 2.75. The Bertz CT molecular complexity index is 105. The van der Waals surface area contributed by atoms with Gasteiger partial charge in [0.25, 0.3) is 0 Å². The monoisotopic (exact) mass is 147 g/mol. The zero-order valence-corrected chi connectivity index (χ0v) is 6.69. The predicted octanol–water partition coefficient (Wildman–Crippen LogP) is 0.816. The van der Waals surface area contributed by atoms with Gasteiger partial charge in [-0.3, -0.25) is 4.79 Å². The number of carbonyl (C=O) groups is 1. The Morgan fingerprint density at radius 3 is 2.33 bits per heavy atom. The number of hydrogen-bond donors (Lipinski definition) is 2. The normalized spacial score (nSPS) is 16.8. The zero-order valence-electron chi connectivity index (χ0n) is 5.79. The molecule has 0 radical (unpaired) electrons. The van der Waals surface area contributed by atoms with Crippen LogP contribution in [0, 0.1) is 5.92 Å². The van der Waals surface area contributed by atoms with E-state index in [-0.39, 0.29) is 17.1 Å². The topological polar surface area (TPSA) is 43.1 Å². The van der Waals surface area contributed by atoms with E-state index in [1.165, 1.54) is 0 Å². The van der Waals surface area contributed by atoms with Crippen LogP contribution in [0.4, 0.5) is 0 Å². The Morgan fingerprint density at radius 2 is 2.22 bits per heavy atom. The van der Waals surface area contributed by atoms with E-state index >= 15 is 0 Å². The molecule has 0 fully saturated rings. The molecule has 2 N–H and O–H groups in total. The average molecular weight is 147 g/mol. The van der Waals surface area contributed by atoms with E-state index in [0.717, 1.165) is 6.42 Å². The SMILES string of the molecule is CC[C@H](C)[C@H](S)C(N)=O. The second kappa shape index (κ2) is 3.77. The number of nitrogens with two attached hydrogens (primary N) is 1. The highest BCUT2D eigenvalue weighted by Crippen LogP contribution is 2.11. The lowest BCUT2D eigenvalue weighted by Crippen LogP contribution is -2.29. The summed E-state index contributed by atoms with van der Waals surface area (Å²) < 4.78 is 0. The minimum atomic E-state index is -0.326. The fraction of sp³-hybridized carbons (Fsp3) is 0.833. The standard InChI is InChI=1S/C6H13NOS/c1-3-4(2)5(9)6(7)8/h4-5,9H,3H2,1-2H3,(H2,7,8)/t4-,5-/m0/s1. The molecule has 0 saturated carbocycles. The lowest BCUT2D eigenvalue weighted by atomic mass is 10.0. The Labute approximate surface area is 61.2 Å². The van der Waals surface area contributed by atoms with E-state index in [2.05, 4.69) is 12.6 Å². The molecule has 0 rings (SSSR count). The van der Waals surface area contributed by atoms with Crippen molar-refractivity contribution in [3.8, 4) is 0 Å². The van der Waals surface area contributed by atoms with Crippen LogP contribution >= 0.6 is 12.6 Å². The largest absolute Gasteiger partial charge is 0.369 e. The van der Waals surface area contributed by atoms with Crippen molar-refractivity contribution in [1.82, 2.24) is 0 Å². The predicted molar refractivity (Wildman–Crippen MR) is 41.4 cm³/mol. The summed E-state index contributed by atoms with van der Waals surface area (Å²) in [7, 11) is 0. The highest BCUT2D eigenvalue weighted by molar-refractivity contribution is 7.81. The van der Waals surface area contributed by atoms with Crippen LogP contribution in [0.3, 0.4) is 0 Å². The summed E-state index contributed by atoms with van der Waals surface area (Å²) in [5, 5.41) is -0.282. The number of hydrogen-bond acceptors (Lipinski definition) is 2. The summed E-state index contributed by atoms with van der Waals surface area (Å²) in [6.45, 7) is 3.97. The zero-order chi connectivity index (χ0) is 7.44. The molecule has 0 aromatic heterocycles. The average Bonchev–Trinajstić information content (AvgIpc) is 1.84. The van der Waals surface area contributed by atoms with Gasteiger partial charge < -0.3 is 5.73 Å². The third-order valence-corrected chi connectivity index (χ3v) is 2.24. The van der Waals surface area contributed by atoms with E-state index < -0.39 is 0 Å². The lowest BCUT2D eigenvalue weighted by Gasteiger charge is -2.12. The Hall–Kier alpha value is -0.180. The van der Waals surface area contributed by atoms with E-state index in [1.54, 1.807) is 0 Å². The molecule has 2 nitrogen and oxygen atoms in total. The quantitative estimate of drug-likeness (QED) is 0.570. The Balaban J connectivity index is 3.72. The second-order valence-corrected chi connectivity index (χ2v) is 2.79. The van der Waals surface area contributed by atoms with Crippen LogP contribution in [0.5, 0.6) is 0 Å². The molecule has 0 aliphatic heterocycles. The number of rotatable bonds is 3. The number of thiol groups is 1. The molecule has 0 unspecified atom stereocenters. The summed E-state index contributed by atoms with van der Waals surface area (Å²) >= 11 is 4.03. The van der Waals surface area contributed by atoms with Crippen LogP contribution in [0.25, 0.3) is 0 Å². The van der Waals surface area contributed by atoms with E-state index in [0.29, 0.717) is 0 Å². The number of carbonyl (C=O) groups excluding carboxylic acids is 1. The smallest absolute Gasteiger partial charge is 0.230 e. The van der Waals surface area contributed by atoms with Crippen molar-refractivity contribution in [3.05, 3.63) is 0 Å². The maximum Gasteiger partial charge on any atom is 0.230 e. The van der Waals surface area contributed by atoms with Crippen molar-refractivity contribution in [3.63, 3.8) is 0 Å². The van der Waals surface area contributed by atoms with Crippen LogP contribution in [0.2, 0.25) is 0 Å². The first kappa shape index (κ1) is 8.82. The molecule has 0 spiro atoms. The maximum atomic E-state index is 10.4. The summed E-state index contributed by atoms with van der Waals surface area (Å²) in [5.74, 6) is -0.0430. The Morgan fingerprint density at radius 1 is 1.78 bits per heavy atom. The van der Waals surface area contributed by atoms with Crippen molar-refractivity contribution >= 4 is 18.5 Å². The summed E-state index contributed by atoms with van der Waals surface area (Å²) in [6.07, 6.45) is 0.942. The molecule has 0 aromatic rings. The fourth-order valence-electron chi connectivity index (χ4n) is 0.504. The van der Waals surface area contributed by atoms with Crippen molar-refractivity contribution < 1.29 is 4.79 Å². The van der Waals surface area contributed by atoms with Gasteiger partial charge in [0.2, 0.25) is 5.91 Å². The molecule has 0 aliphatic carbocycles. The molecule has 0 aliphatic rings. The van der Waals surface area contributed by atoms with Gasteiger partial charge in [0.15, 0.2) is 0 Å². The highest BCUT2D eigenvalue weighted by atomic mass is 32.1. The van der Waals surface area contributed by atoms with E-state index in [1.807, 2.05) is 13.8 Å². The maximum absolute atomic E-state index is 10.4. The molecule has 54 valence electrons. The molecular formula is C6H13NOS. The van der Waals surface area contributed by atoms with Gasteiger partial charge in [-0.05, 0) is 5.92 Å². The van der Waals surface area contributed by atoms with Gasteiger partial charge >= 0.3 is 0 Å². The van der Waals surface area contributed by atoms with E-state index in [4.69, 9.17) is 5.73 Å². The van der Waals surface area contributed by atoms with Gasteiger partial charge in [-0.2, -0.15) is 12.6 Å². The molecular weight excluding hydrogens is 134 g/mol. The van der Waals surface area contributed by atoms with Crippen LogP contribution < -0.4 is 5.73 Å². The first-order valence-electron chi connectivity index (χ1n) is 3.07. The molecule has 0 saturated heterocycles. The van der Waals surface area contributed by atoms with Crippen molar-refractivity contribution in [1.29, 1.82) is 0 Å². The van der Waals surface area contributed by atoms with Gasteiger partial charge in [-0.25, -0.2) is 0 Å². The van der Waals surface area contributed by atoms with E-state index in [9.17, 15) is 4.79 Å². The molecule has 0 aromatic carbocycles. The number of primary amides is 1. The van der Waals surface area contributed by atoms with Crippen LogP contribution in [0.15, 0.2) is 0 Å². The molecule has 0 heterocycles.